The third kappa shape index (κ3) is 2.99. The summed E-state index contributed by atoms with van der Waals surface area (Å²) in [5, 5.41) is 0. The molecule has 3 aromatic rings. The van der Waals surface area contributed by atoms with Crippen molar-refractivity contribution in [3.05, 3.63) is 105 Å². The molecule has 0 aliphatic carbocycles. The molecule has 26 heavy (non-hydrogen) atoms. The number of benzene rings is 3. The van der Waals surface area contributed by atoms with E-state index < -0.39 is 17.0 Å². The number of Topliss-reactive ketones (excluding diaryl/α,β-unsaturated/α-hetero) is 1. The van der Waals surface area contributed by atoms with Gasteiger partial charge in [0.15, 0.2) is 0 Å². The number of ketones is 1. The number of hydrogen-bond donors (Lipinski definition) is 0. The van der Waals surface area contributed by atoms with Gasteiger partial charge in [0.1, 0.15) is 22.8 Å². The third-order valence-electron chi connectivity index (χ3n) is 4.69. The molecular weight excluding hydrogens is 398 g/mol. The summed E-state index contributed by atoms with van der Waals surface area (Å²) in [6.45, 7) is 3.28. The zero-order valence-electron chi connectivity index (χ0n) is 14.4. The average molecular weight is 415 g/mol. The Morgan fingerprint density at radius 2 is 1.58 bits per heavy atom. The topological polar surface area (TPSA) is 17.1 Å². The maximum absolute atomic E-state index is 14.9. The van der Waals surface area contributed by atoms with Gasteiger partial charge in [-0.15, -0.1) is 0 Å². The Labute approximate surface area is 159 Å². The molecule has 0 saturated carbocycles. The van der Waals surface area contributed by atoms with Crippen LogP contribution in [0.3, 0.4) is 0 Å². The Bertz CT molecular complexity index is 966. The summed E-state index contributed by atoms with van der Waals surface area (Å²) in [7, 11) is 0. The van der Waals surface area contributed by atoms with Gasteiger partial charge in [0.25, 0.3) is 0 Å². The summed E-state index contributed by atoms with van der Waals surface area (Å²) in [4.78, 5) is 13.1. The van der Waals surface area contributed by atoms with E-state index in [2.05, 4.69) is 15.9 Å². The Kier molecular flexibility index (Phi) is 5.05. The second-order valence-electron chi connectivity index (χ2n) is 6.25. The monoisotopic (exact) mass is 414 g/mol. The van der Waals surface area contributed by atoms with Crippen LogP contribution >= 0.6 is 15.9 Å². The summed E-state index contributed by atoms with van der Waals surface area (Å²) in [6, 6.07) is 17.7. The minimum atomic E-state index is -1.43. The maximum atomic E-state index is 14.9. The van der Waals surface area contributed by atoms with Crippen LogP contribution in [0.15, 0.2) is 71.2 Å². The van der Waals surface area contributed by atoms with Gasteiger partial charge in [-0.3, -0.25) is 4.79 Å². The fourth-order valence-corrected chi connectivity index (χ4v) is 3.78. The normalized spacial score (nSPS) is 13.3. The van der Waals surface area contributed by atoms with Gasteiger partial charge in [-0.05, 0) is 60.9 Å². The Balaban J connectivity index is 2.48. The molecule has 1 unspecified atom stereocenters. The molecule has 0 amide bonds. The van der Waals surface area contributed by atoms with Gasteiger partial charge in [-0.2, -0.15) is 0 Å². The maximum Gasteiger partial charge on any atom is 0.149 e. The first kappa shape index (κ1) is 18.5. The van der Waals surface area contributed by atoms with Crippen LogP contribution in [0.4, 0.5) is 8.78 Å². The highest BCUT2D eigenvalue weighted by Crippen LogP contribution is 2.43. The van der Waals surface area contributed by atoms with Crippen LogP contribution in [0.2, 0.25) is 0 Å². The third-order valence-corrected chi connectivity index (χ3v) is 5.22. The Morgan fingerprint density at radius 3 is 2.19 bits per heavy atom. The van der Waals surface area contributed by atoms with E-state index in [-0.39, 0.29) is 11.3 Å². The minimum absolute atomic E-state index is 0.0154. The van der Waals surface area contributed by atoms with E-state index in [1.807, 2.05) is 19.1 Å². The molecule has 132 valence electrons. The van der Waals surface area contributed by atoms with E-state index in [9.17, 15) is 13.6 Å². The number of carbonyl (C=O) groups is 1. The van der Waals surface area contributed by atoms with E-state index in [0.29, 0.717) is 11.1 Å². The van der Waals surface area contributed by atoms with Crippen molar-refractivity contribution in [3.8, 4) is 0 Å². The van der Waals surface area contributed by atoms with E-state index in [1.54, 1.807) is 36.4 Å². The van der Waals surface area contributed by atoms with Gasteiger partial charge in [0.2, 0.25) is 0 Å². The van der Waals surface area contributed by atoms with E-state index in [0.717, 1.165) is 28.2 Å². The quantitative estimate of drug-likeness (QED) is 0.481. The number of carbonyl (C=O) groups excluding carboxylic acids is 1. The standard InChI is InChI=1S/C22H17BrF2O/c1-14-5-3-4-6-19(14)22(15(2)26,16-7-9-17(23)10-8-16)20-13-18(24)11-12-21(20)25/h3-13H,1-2H3. The number of rotatable bonds is 4. The fourth-order valence-electron chi connectivity index (χ4n) is 3.52. The molecule has 3 rings (SSSR count). The van der Waals surface area contributed by atoms with Crippen molar-refractivity contribution in [2.75, 3.05) is 0 Å². The van der Waals surface area contributed by atoms with E-state index in [4.69, 9.17) is 0 Å². The average Bonchev–Trinajstić information content (AvgIpc) is 2.61. The molecule has 3 aromatic carbocycles. The number of halogens is 3. The van der Waals surface area contributed by atoms with Crippen molar-refractivity contribution in [3.63, 3.8) is 0 Å². The molecule has 0 bridgehead atoms. The van der Waals surface area contributed by atoms with Crippen LogP contribution in [-0.4, -0.2) is 5.78 Å². The molecule has 1 atom stereocenters. The molecule has 0 N–H and O–H groups in total. The number of aryl methyl sites for hydroxylation is 1. The molecule has 4 heteroatoms. The summed E-state index contributed by atoms with van der Waals surface area (Å²) in [6.07, 6.45) is 0. The predicted molar refractivity (Wildman–Crippen MR) is 102 cm³/mol. The van der Waals surface area contributed by atoms with Crippen LogP contribution in [-0.2, 0) is 10.2 Å². The lowest BCUT2D eigenvalue weighted by molar-refractivity contribution is -0.120. The largest absolute Gasteiger partial charge is 0.298 e. The first-order chi connectivity index (χ1) is 12.4. The minimum Gasteiger partial charge on any atom is -0.298 e. The zero-order chi connectivity index (χ0) is 18.9. The first-order valence-corrected chi connectivity index (χ1v) is 8.95. The smallest absolute Gasteiger partial charge is 0.149 e. The molecule has 0 aliphatic heterocycles. The zero-order valence-corrected chi connectivity index (χ0v) is 16.0. The van der Waals surface area contributed by atoms with Crippen LogP contribution in [0, 0.1) is 18.6 Å². The second kappa shape index (κ2) is 7.12. The lowest BCUT2D eigenvalue weighted by Gasteiger charge is -2.35. The van der Waals surface area contributed by atoms with Crippen molar-refractivity contribution in [2.45, 2.75) is 19.3 Å². The van der Waals surface area contributed by atoms with Gasteiger partial charge in [0, 0.05) is 10.0 Å². The molecular formula is C22H17BrF2O. The molecule has 1 nitrogen and oxygen atoms in total. The lowest BCUT2D eigenvalue weighted by Crippen LogP contribution is -2.38. The first-order valence-electron chi connectivity index (χ1n) is 8.16. The summed E-state index contributed by atoms with van der Waals surface area (Å²) in [5.41, 5.74) is 0.639. The lowest BCUT2D eigenvalue weighted by atomic mass is 9.65. The van der Waals surface area contributed by atoms with Crippen molar-refractivity contribution in [1.82, 2.24) is 0 Å². The van der Waals surface area contributed by atoms with Crippen LogP contribution in [0.25, 0.3) is 0 Å². The molecule has 0 spiro atoms. The summed E-state index contributed by atoms with van der Waals surface area (Å²) >= 11 is 3.38. The van der Waals surface area contributed by atoms with Gasteiger partial charge in [-0.25, -0.2) is 8.78 Å². The second-order valence-corrected chi connectivity index (χ2v) is 7.17. The molecule has 0 saturated heterocycles. The highest BCUT2D eigenvalue weighted by Gasteiger charge is 2.44. The van der Waals surface area contributed by atoms with Crippen molar-refractivity contribution in [1.29, 1.82) is 0 Å². The van der Waals surface area contributed by atoms with Crippen LogP contribution in [0.1, 0.15) is 29.2 Å². The van der Waals surface area contributed by atoms with Crippen molar-refractivity contribution < 1.29 is 13.6 Å². The van der Waals surface area contributed by atoms with Crippen molar-refractivity contribution >= 4 is 21.7 Å². The summed E-state index contributed by atoms with van der Waals surface area (Å²) < 4.78 is 29.8. The molecule has 0 aromatic heterocycles. The van der Waals surface area contributed by atoms with E-state index >= 15 is 0 Å². The SMILES string of the molecule is CC(=O)C(c1ccc(Br)cc1)(c1ccccc1C)c1cc(F)ccc1F. The van der Waals surface area contributed by atoms with Gasteiger partial charge in [-0.1, -0.05) is 52.3 Å². The van der Waals surface area contributed by atoms with Crippen LogP contribution in [0.5, 0.6) is 0 Å². The van der Waals surface area contributed by atoms with Gasteiger partial charge < -0.3 is 0 Å². The van der Waals surface area contributed by atoms with Gasteiger partial charge in [0.05, 0.1) is 0 Å². The Morgan fingerprint density at radius 1 is 0.923 bits per heavy atom. The summed E-state index contributed by atoms with van der Waals surface area (Å²) in [5.74, 6) is -1.48. The number of hydrogen-bond acceptors (Lipinski definition) is 1. The fraction of sp³-hybridized carbons (Fsp3) is 0.136. The van der Waals surface area contributed by atoms with E-state index in [1.165, 1.54) is 6.92 Å². The highest BCUT2D eigenvalue weighted by molar-refractivity contribution is 9.10. The van der Waals surface area contributed by atoms with Gasteiger partial charge >= 0.3 is 0 Å². The van der Waals surface area contributed by atoms with Crippen molar-refractivity contribution in [2.24, 2.45) is 0 Å². The highest BCUT2D eigenvalue weighted by atomic mass is 79.9. The molecule has 0 radical (unpaired) electrons. The van der Waals surface area contributed by atoms with Crippen LogP contribution < -0.4 is 0 Å². The Hall–Kier alpha value is -2.33. The predicted octanol–water partition coefficient (Wildman–Crippen LogP) is 5.96. The molecule has 0 aliphatic rings. The molecule has 0 heterocycles. The molecule has 0 fully saturated rings.